The molecule has 0 bridgehead atoms. The van der Waals surface area contributed by atoms with Crippen LogP contribution in [0.3, 0.4) is 0 Å². The molecule has 1 fully saturated rings. The van der Waals surface area contributed by atoms with Crippen LogP contribution in [0.2, 0.25) is 5.02 Å². The molecule has 0 saturated carbocycles. The van der Waals surface area contributed by atoms with Crippen molar-refractivity contribution in [1.29, 1.82) is 0 Å². The summed E-state index contributed by atoms with van der Waals surface area (Å²) in [4.78, 5) is 37.6. The lowest BCUT2D eigenvalue weighted by Gasteiger charge is -2.26. The molecule has 0 unspecified atom stereocenters. The first kappa shape index (κ1) is 21.8. The second-order valence-electron chi connectivity index (χ2n) is 7.41. The number of Topliss-reactive ketones (excluding diaryl/α,β-unsaturated/α-hetero) is 1. The molecule has 7 heteroatoms. The molecule has 2 atom stereocenters. The van der Waals surface area contributed by atoms with E-state index in [9.17, 15) is 14.4 Å². The summed E-state index contributed by atoms with van der Waals surface area (Å²) >= 11 is 5.96. The van der Waals surface area contributed by atoms with E-state index in [-0.39, 0.29) is 36.1 Å². The van der Waals surface area contributed by atoms with Gasteiger partial charge in [-0.05, 0) is 55.3 Å². The van der Waals surface area contributed by atoms with Gasteiger partial charge in [-0.2, -0.15) is 0 Å². The standard InChI is InChI=1S/C23H25ClN2O4/c1-15(27)16-7-11-19(12-8-16)30-13-3-4-21(28)25-20-14-22(29)26(2)23(20)17-5-9-18(24)10-6-17/h5-12,20,23H,3-4,13-14H2,1-2H3,(H,25,28)/t20-,23+/m0/s1. The van der Waals surface area contributed by atoms with Crippen molar-refractivity contribution in [2.45, 2.75) is 38.3 Å². The van der Waals surface area contributed by atoms with E-state index in [1.54, 1.807) is 48.3 Å². The van der Waals surface area contributed by atoms with E-state index in [0.717, 1.165) is 5.56 Å². The monoisotopic (exact) mass is 428 g/mol. The number of halogens is 1. The first-order valence-corrected chi connectivity index (χ1v) is 10.3. The van der Waals surface area contributed by atoms with E-state index < -0.39 is 0 Å². The molecule has 2 amide bonds. The van der Waals surface area contributed by atoms with E-state index in [0.29, 0.717) is 35.8 Å². The van der Waals surface area contributed by atoms with Crippen LogP contribution < -0.4 is 10.1 Å². The number of carbonyl (C=O) groups excluding carboxylic acids is 3. The summed E-state index contributed by atoms with van der Waals surface area (Å²) in [5, 5.41) is 3.62. The van der Waals surface area contributed by atoms with Crippen LogP contribution in [-0.4, -0.2) is 42.2 Å². The Morgan fingerprint density at radius 2 is 1.80 bits per heavy atom. The zero-order valence-corrected chi connectivity index (χ0v) is 17.8. The highest BCUT2D eigenvalue weighted by Gasteiger charge is 2.39. The Hall–Kier alpha value is -2.86. The van der Waals surface area contributed by atoms with Gasteiger partial charge in [-0.15, -0.1) is 0 Å². The summed E-state index contributed by atoms with van der Waals surface area (Å²) in [7, 11) is 1.75. The smallest absolute Gasteiger partial charge is 0.225 e. The summed E-state index contributed by atoms with van der Waals surface area (Å²) in [5.41, 5.74) is 1.57. The van der Waals surface area contributed by atoms with Crippen molar-refractivity contribution >= 4 is 29.2 Å². The number of hydrogen-bond donors (Lipinski definition) is 1. The molecule has 1 heterocycles. The number of likely N-dealkylation sites (N-methyl/N-ethyl adjacent to an activating group) is 1. The van der Waals surface area contributed by atoms with E-state index in [4.69, 9.17) is 16.3 Å². The molecule has 2 aromatic rings. The number of rotatable bonds is 8. The molecule has 1 N–H and O–H groups in total. The molecule has 2 aromatic carbocycles. The van der Waals surface area contributed by atoms with Gasteiger partial charge < -0.3 is 15.0 Å². The van der Waals surface area contributed by atoms with Crippen molar-refractivity contribution in [3.05, 3.63) is 64.7 Å². The molecule has 1 aliphatic heterocycles. The SMILES string of the molecule is CC(=O)c1ccc(OCCCC(=O)N[C@H]2CC(=O)N(C)[C@@H]2c2ccc(Cl)cc2)cc1. The second-order valence-corrected chi connectivity index (χ2v) is 7.85. The summed E-state index contributed by atoms with van der Waals surface area (Å²) in [5.74, 6) is 0.549. The summed E-state index contributed by atoms with van der Waals surface area (Å²) in [6.45, 7) is 1.90. The fourth-order valence-corrected chi connectivity index (χ4v) is 3.73. The molecular formula is C23H25ClN2O4. The molecule has 0 aromatic heterocycles. The maximum atomic E-state index is 12.4. The third-order valence-electron chi connectivity index (χ3n) is 5.22. The lowest BCUT2D eigenvalue weighted by atomic mass is 10.00. The van der Waals surface area contributed by atoms with Crippen molar-refractivity contribution in [3.63, 3.8) is 0 Å². The maximum Gasteiger partial charge on any atom is 0.225 e. The number of nitrogens with zero attached hydrogens (tertiary/aromatic N) is 1. The Morgan fingerprint density at radius 3 is 2.43 bits per heavy atom. The molecule has 0 spiro atoms. The largest absolute Gasteiger partial charge is 0.494 e. The lowest BCUT2D eigenvalue weighted by molar-refractivity contribution is -0.127. The average molecular weight is 429 g/mol. The van der Waals surface area contributed by atoms with Crippen LogP contribution in [0.4, 0.5) is 0 Å². The van der Waals surface area contributed by atoms with Crippen LogP contribution in [-0.2, 0) is 9.59 Å². The Bertz CT molecular complexity index is 912. The van der Waals surface area contributed by atoms with Gasteiger partial charge in [0.1, 0.15) is 5.75 Å². The van der Waals surface area contributed by atoms with Gasteiger partial charge in [0.25, 0.3) is 0 Å². The van der Waals surface area contributed by atoms with Gasteiger partial charge in [0.2, 0.25) is 11.8 Å². The molecule has 30 heavy (non-hydrogen) atoms. The summed E-state index contributed by atoms with van der Waals surface area (Å²) in [6, 6.07) is 13.8. The molecule has 6 nitrogen and oxygen atoms in total. The number of nitrogens with one attached hydrogen (secondary N) is 1. The quantitative estimate of drug-likeness (QED) is 0.512. The van der Waals surface area contributed by atoms with Crippen molar-refractivity contribution in [3.8, 4) is 5.75 Å². The summed E-state index contributed by atoms with van der Waals surface area (Å²) < 4.78 is 5.63. The number of amides is 2. The fraction of sp³-hybridized carbons (Fsp3) is 0.348. The number of ether oxygens (including phenoxy) is 1. The second kappa shape index (κ2) is 9.76. The van der Waals surface area contributed by atoms with Crippen molar-refractivity contribution < 1.29 is 19.1 Å². The lowest BCUT2D eigenvalue weighted by Crippen LogP contribution is -2.39. The van der Waals surface area contributed by atoms with Crippen LogP contribution in [0.1, 0.15) is 48.1 Å². The molecule has 158 valence electrons. The molecule has 3 rings (SSSR count). The molecule has 1 saturated heterocycles. The third-order valence-corrected chi connectivity index (χ3v) is 5.47. The van der Waals surface area contributed by atoms with Gasteiger partial charge in [0.15, 0.2) is 5.78 Å². The van der Waals surface area contributed by atoms with Crippen molar-refractivity contribution in [1.82, 2.24) is 10.2 Å². The topological polar surface area (TPSA) is 75.7 Å². The highest BCUT2D eigenvalue weighted by atomic mass is 35.5. The number of benzene rings is 2. The fourth-order valence-electron chi connectivity index (χ4n) is 3.60. The van der Waals surface area contributed by atoms with Crippen LogP contribution in [0, 0.1) is 0 Å². The molecule has 0 aliphatic carbocycles. The zero-order valence-electron chi connectivity index (χ0n) is 17.1. The normalized spacial score (nSPS) is 18.4. The van der Waals surface area contributed by atoms with E-state index in [2.05, 4.69) is 5.32 Å². The van der Waals surface area contributed by atoms with Crippen LogP contribution in [0.5, 0.6) is 5.75 Å². The third kappa shape index (κ3) is 5.39. The molecular weight excluding hydrogens is 404 g/mol. The van der Waals surface area contributed by atoms with Crippen molar-refractivity contribution in [2.75, 3.05) is 13.7 Å². The van der Waals surface area contributed by atoms with Gasteiger partial charge in [-0.1, -0.05) is 23.7 Å². The average Bonchev–Trinajstić information content (AvgIpc) is 2.99. The van der Waals surface area contributed by atoms with E-state index in [1.165, 1.54) is 6.92 Å². The van der Waals surface area contributed by atoms with E-state index in [1.807, 2.05) is 12.1 Å². The van der Waals surface area contributed by atoms with Gasteiger partial charge in [-0.3, -0.25) is 14.4 Å². The Morgan fingerprint density at radius 1 is 1.13 bits per heavy atom. The minimum Gasteiger partial charge on any atom is -0.494 e. The minimum absolute atomic E-state index is 0.00223. The van der Waals surface area contributed by atoms with Crippen LogP contribution in [0.15, 0.2) is 48.5 Å². The minimum atomic E-state index is -0.281. The predicted molar refractivity (Wildman–Crippen MR) is 115 cm³/mol. The number of likely N-dealkylation sites (tertiary alicyclic amines) is 1. The highest BCUT2D eigenvalue weighted by Crippen LogP contribution is 2.32. The first-order valence-electron chi connectivity index (χ1n) is 9.89. The van der Waals surface area contributed by atoms with Gasteiger partial charge >= 0.3 is 0 Å². The number of ketones is 1. The predicted octanol–water partition coefficient (Wildman–Crippen LogP) is 3.79. The molecule has 0 radical (unpaired) electrons. The first-order chi connectivity index (χ1) is 14.3. The van der Waals surface area contributed by atoms with Gasteiger partial charge in [0, 0.05) is 30.5 Å². The van der Waals surface area contributed by atoms with Gasteiger partial charge in [-0.25, -0.2) is 0 Å². The highest BCUT2D eigenvalue weighted by molar-refractivity contribution is 6.30. The van der Waals surface area contributed by atoms with Gasteiger partial charge in [0.05, 0.1) is 18.7 Å². The maximum absolute atomic E-state index is 12.4. The van der Waals surface area contributed by atoms with Crippen LogP contribution in [0.25, 0.3) is 0 Å². The summed E-state index contributed by atoms with van der Waals surface area (Å²) in [6.07, 6.45) is 1.12. The van der Waals surface area contributed by atoms with E-state index >= 15 is 0 Å². The molecule has 1 aliphatic rings. The van der Waals surface area contributed by atoms with Crippen molar-refractivity contribution in [2.24, 2.45) is 0 Å². The zero-order chi connectivity index (χ0) is 21.7. The number of carbonyl (C=O) groups is 3. The Kier molecular flexibility index (Phi) is 7.11. The Balaban J connectivity index is 1.49. The Labute approximate surface area is 181 Å². The van der Waals surface area contributed by atoms with Crippen LogP contribution >= 0.6 is 11.6 Å². The number of hydrogen-bond acceptors (Lipinski definition) is 4.